The van der Waals surface area contributed by atoms with E-state index in [1.807, 2.05) is 6.92 Å². The molecule has 0 bridgehead atoms. The van der Waals surface area contributed by atoms with Gasteiger partial charge in [-0.3, -0.25) is 0 Å². The van der Waals surface area contributed by atoms with Crippen LogP contribution in [0, 0.1) is 0 Å². The van der Waals surface area contributed by atoms with Crippen molar-refractivity contribution in [2.75, 3.05) is 6.54 Å². The Labute approximate surface area is 56.5 Å². The summed E-state index contributed by atoms with van der Waals surface area (Å²) in [5.74, 6) is 0. The van der Waals surface area contributed by atoms with Crippen LogP contribution in [0.25, 0.3) is 0 Å². The predicted molar refractivity (Wildman–Crippen MR) is 39.4 cm³/mol. The summed E-state index contributed by atoms with van der Waals surface area (Å²) in [6, 6.07) is 0. The van der Waals surface area contributed by atoms with Crippen LogP contribution in [0.4, 0.5) is 0 Å². The maximum Gasteiger partial charge on any atom is 0.0000402 e. The topological polar surface area (TPSA) is 26.0 Å². The van der Waals surface area contributed by atoms with Crippen molar-refractivity contribution < 1.29 is 0 Å². The van der Waals surface area contributed by atoms with E-state index in [1.165, 1.54) is 0 Å². The van der Waals surface area contributed by atoms with E-state index in [0.717, 1.165) is 13.0 Å². The second kappa shape index (κ2) is 6.60. The minimum Gasteiger partial charge on any atom is -0.330 e. The normalized spacial score (nSPS) is 12.4. The van der Waals surface area contributed by atoms with Crippen LogP contribution in [-0.4, -0.2) is 11.8 Å². The van der Waals surface area contributed by atoms with Gasteiger partial charge in [-0.2, -0.15) is 12.6 Å². The molecule has 0 aliphatic heterocycles. The lowest BCUT2D eigenvalue weighted by molar-refractivity contribution is 0.828. The van der Waals surface area contributed by atoms with Gasteiger partial charge < -0.3 is 5.73 Å². The Bertz CT molecular complexity index is 32.9. The van der Waals surface area contributed by atoms with Crippen molar-refractivity contribution in [2.24, 2.45) is 5.73 Å². The molecule has 3 heteroatoms. The molecule has 2 N–H and O–H groups in total. The number of nitrogens with two attached hydrogens (primary N) is 1. The molecule has 0 aromatic carbocycles. The van der Waals surface area contributed by atoms with Crippen LogP contribution in [0.2, 0.25) is 0 Å². The molecular formula is C4H12ClNS. The van der Waals surface area contributed by atoms with Crippen molar-refractivity contribution >= 4 is 25.0 Å². The highest BCUT2D eigenvalue weighted by atomic mass is 35.5. The molecule has 0 aromatic rings. The van der Waals surface area contributed by atoms with E-state index in [9.17, 15) is 0 Å². The maximum atomic E-state index is 5.18. The maximum absolute atomic E-state index is 5.18. The fourth-order valence-electron chi connectivity index (χ4n) is 0.241. The summed E-state index contributed by atoms with van der Waals surface area (Å²) in [6.07, 6.45) is 1.02. The molecule has 0 saturated carbocycles. The lowest BCUT2D eigenvalue weighted by Crippen LogP contribution is -2.03. The van der Waals surface area contributed by atoms with Gasteiger partial charge in [0.2, 0.25) is 0 Å². The molecule has 0 aliphatic carbocycles. The minimum absolute atomic E-state index is 0. The summed E-state index contributed by atoms with van der Waals surface area (Å²) < 4.78 is 0. The minimum atomic E-state index is 0. The summed E-state index contributed by atoms with van der Waals surface area (Å²) in [6.45, 7) is 2.79. The molecule has 0 saturated heterocycles. The molecule has 0 radical (unpaired) electrons. The Hall–Kier alpha value is 0.600. The third-order valence-electron chi connectivity index (χ3n) is 0.584. The number of thiol groups is 1. The van der Waals surface area contributed by atoms with Crippen molar-refractivity contribution in [3.05, 3.63) is 0 Å². The van der Waals surface area contributed by atoms with Gasteiger partial charge in [-0.25, -0.2) is 0 Å². The zero-order chi connectivity index (χ0) is 4.99. The van der Waals surface area contributed by atoms with Crippen LogP contribution in [0.15, 0.2) is 0 Å². The zero-order valence-electron chi connectivity index (χ0n) is 4.42. The third kappa shape index (κ3) is 10.8. The largest absolute Gasteiger partial charge is 0.330 e. The lowest BCUT2D eigenvalue weighted by atomic mass is 10.3. The molecule has 0 heterocycles. The number of rotatable bonds is 2. The van der Waals surface area contributed by atoms with E-state index in [0.29, 0.717) is 5.25 Å². The summed E-state index contributed by atoms with van der Waals surface area (Å²) >= 11 is 4.10. The van der Waals surface area contributed by atoms with E-state index in [2.05, 4.69) is 12.6 Å². The Balaban J connectivity index is 0. The summed E-state index contributed by atoms with van der Waals surface area (Å²) in [5.41, 5.74) is 5.18. The zero-order valence-corrected chi connectivity index (χ0v) is 6.14. The molecule has 0 aromatic heterocycles. The first kappa shape index (κ1) is 10.6. The van der Waals surface area contributed by atoms with Crippen molar-refractivity contribution in [1.82, 2.24) is 0 Å². The highest BCUT2D eigenvalue weighted by Crippen LogP contribution is 1.94. The highest BCUT2D eigenvalue weighted by molar-refractivity contribution is 7.80. The Morgan fingerprint density at radius 1 is 1.71 bits per heavy atom. The molecule has 0 rings (SSSR count). The van der Waals surface area contributed by atoms with Crippen LogP contribution in [-0.2, 0) is 0 Å². The van der Waals surface area contributed by atoms with Gasteiger partial charge in [0, 0.05) is 5.25 Å². The Kier molecular flexibility index (Phi) is 9.95. The van der Waals surface area contributed by atoms with Crippen LogP contribution in [0.1, 0.15) is 13.3 Å². The average molecular weight is 142 g/mol. The van der Waals surface area contributed by atoms with E-state index >= 15 is 0 Å². The number of hydrogen-bond donors (Lipinski definition) is 2. The first-order valence-corrected chi connectivity index (χ1v) is 2.67. The van der Waals surface area contributed by atoms with Crippen LogP contribution in [0.5, 0.6) is 0 Å². The standard InChI is InChI=1S/C4H11NS.ClH/c1-4(6)2-3-5;/h4,6H,2-3,5H2,1H3;1H. The molecule has 0 spiro atoms. The molecule has 7 heavy (non-hydrogen) atoms. The Morgan fingerprint density at radius 2 is 2.14 bits per heavy atom. The van der Waals surface area contributed by atoms with Gasteiger partial charge in [0.15, 0.2) is 0 Å². The molecule has 1 atom stereocenters. The van der Waals surface area contributed by atoms with Crippen molar-refractivity contribution in [1.29, 1.82) is 0 Å². The number of halogens is 1. The first-order valence-electron chi connectivity index (χ1n) is 2.15. The molecular weight excluding hydrogens is 130 g/mol. The second-order valence-corrected chi connectivity index (χ2v) is 2.31. The van der Waals surface area contributed by atoms with Gasteiger partial charge >= 0.3 is 0 Å². The van der Waals surface area contributed by atoms with Crippen LogP contribution >= 0.6 is 25.0 Å². The monoisotopic (exact) mass is 141 g/mol. The predicted octanol–water partition coefficient (Wildman–Crippen LogP) is 1.08. The molecule has 1 unspecified atom stereocenters. The fraction of sp³-hybridized carbons (Fsp3) is 1.00. The van der Waals surface area contributed by atoms with E-state index < -0.39 is 0 Å². The van der Waals surface area contributed by atoms with Crippen molar-refractivity contribution in [2.45, 2.75) is 18.6 Å². The van der Waals surface area contributed by atoms with Crippen molar-refractivity contribution in [3.63, 3.8) is 0 Å². The molecule has 0 fully saturated rings. The number of hydrogen-bond acceptors (Lipinski definition) is 2. The van der Waals surface area contributed by atoms with Crippen LogP contribution < -0.4 is 5.73 Å². The smallest absolute Gasteiger partial charge is 0.0000402 e. The molecule has 1 nitrogen and oxygen atoms in total. The lowest BCUT2D eigenvalue weighted by Gasteiger charge is -1.95. The Morgan fingerprint density at radius 3 is 2.14 bits per heavy atom. The van der Waals surface area contributed by atoms with Gasteiger partial charge in [0.25, 0.3) is 0 Å². The van der Waals surface area contributed by atoms with Gasteiger partial charge in [-0.1, -0.05) is 6.92 Å². The molecule has 0 aliphatic rings. The van der Waals surface area contributed by atoms with Gasteiger partial charge in [-0.15, -0.1) is 12.4 Å². The van der Waals surface area contributed by atoms with Crippen LogP contribution in [0.3, 0.4) is 0 Å². The highest BCUT2D eigenvalue weighted by Gasteiger charge is 1.86. The molecule has 0 amide bonds. The van der Waals surface area contributed by atoms with Crippen molar-refractivity contribution in [3.8, 4) is 0 Å². The third-order valence-corrected chi connectivity index (χ3v) is 0.843. The van der Waals surface area contributed by atoms with Gasteiger partial charge in [-0.05, 0) is 13.0 Å². The van der Waals surface area contributed by atoms with E-state index in [1.54, 1.807) is 0 Å². The molecule has 46 valence electrons. The van der Waals surface area contributed by atoms with E-state index in [-0.39, 0.29) is 12.4 Å². The fourth-order valence-corrected chi connectivity index (χ4v) is 0.390. The quantitative estimate of drug-likeness (QED) is 0.553. The summed E-state index contributed by atoms with van der Waals surface area (Å²) in [7, 11) is 0. The summed E-state index contributed by atoms with van der Waals surface area (Å²) in [4.78, 5) is 0. The second-order valence-electron chi connectivity index (χ2n) is 1.43. The summed E-state index contributed by atoms with van der Waals surface area (Å²) in [5, 5.41) is 0.468. The average Bonchev–Trinajstić information content (AvgIpc) is 1.35. The first-order chi connectivity index (χ1) is 2.77. The van der Waals surface area contributed by atoms with Gasteiger partial charge in [0.05, 0.1) is 0 Å². The SMILES string of the molecule is CC(S)CCN.Cl. The van der Waals surface area contributed by atoms with E-state index in [4.69, 9.17) is 5.73 Å². The van der Waals surface area contributed by atoms with Gasteiger partial charge in [0.1, 0.15) is 0 Å².